The Hall–Kier alpha value is -1.39. The highest BCUT2D eigenvalue weighted by Gasteiger charge is 2.33. The zero-order valence-electron chi connectivity index (χ0n) is 10.8. The molecular weight excluding hydrogens is 256 g/mol. The van der Waals surface area contributed by atoms with Crippen LogP contribution in [-0.2, 0) is 6.42 Å². The number of fused-ring (bicyclic) bond motifs is 3. The number of aromatic nitrogens is 1. The van der Waals surface area contributed by atoms with Gasteiger partial charge in [-0.15, -0.1) is 11.3 Å². The predicted octanol–water partition coefficient (Wildman–Crippen LogP) is 3.13. The van der Waals surface area contributed by atoms with Crippen LogP contribution in [0.2, 0.25) is 0 Å². The van der Waals surface area contributed by atoms with Crippen molar-refractivity contribution in [1.82, 2.24) is 4.98 Å². The van der Waals surface area contributed by atoms with Gasteiger partial charge in [-0.1, -0.05) is 6.07 Å². The van der Waals surface area contributed by atoms with Crippen molar-refractivity contribution < 1.29 is 4.74 Å². The fraction of sp³-hybridized carbons (Fsp3) is 0.400. The Morgan fingerprint density at radius 2 is 2.26 bits per heavy atom. The lowest BCUT2D eigenvalue weighted by molar-refractivity contribution is 0.415. The van der Waals surface area contributed by atoms with Crippen LogP contribution in [0.3, 0.4) is 0 Å². The van der Waals surface area contributed by atoms with Crippen molar-refractivity contribution in [2.75, 3.05) is 7.11 Å². The fourth-order valence-electron chi connectivity index (χ4n) is 2.73. The highest BCUT2D eigenvalue weighted by molar-refractivity contribution is 7.12. The van der Waals surface area contributed by atoms with Crippen molar-refractivity contribution in [1.29, 1.82) is 0 Å². The maximum absolute atomic E-state index is 6.26. The zero-order valence-corrected chi connectivity index (χ0v) is 11.7. The second-order valence-corrected chi connectivity index (χ2v) is 6.50. The van der Waals surface area contributed by atoms with Crippen LogP contribution in [0, 0.1) is 5.92 Å². The third-order valence-corrected chi connectivity index (χ3v) is 5.21. The van der Waals surface area contributed by atoms with E-state index < -0.39 is 0 Å². The summed E-state index contributed by atoms with van der Waals surface area (Å²) in [5.41, 5.74) is 9.96. The van der Waals surface area contributed by atoms with Crippen LogP contribution in [0.1, 0.15) is 34.3 Å². The Morgan fingerprint density at radius 1 is 1.42 bits per heavy atom. The monoisotopic (exact) mass is 272 g/mol. The lowest BCUT2D eigenvalue weighted by atomic mass is 10.1. The molecule has 4 heteroatoms. The first-order valence-corrected chi connectivity index (χ1v) is 7.50. The first-order chi connectivity index (χ1) is 9.26. The number of ether oxygens (including phenoxy) is 1. The molecule has 0 bridgehead atoms. The molecule has 1 aromatic carbocycles. The molecule has 1 fully saturated rings. The number of benzene rings is 1. The average molecular weight is 272 g/mol. The third-order valence-electron chi connectivity index (χ3n) is 4.05. The third kappa shape index (κ3) is 1.78. The topological polar surface area (TPSA) is 48.1 Å². The number of rotatable bonds is 3. The second kappa shape index (κ2) is 4.05. The van der Waals surface area contributed by atoms with Gasteiger partial charge in [0.2, 0.25) is 0 Å². The van der Waals surface area contributed by atoms with Crippen molar-refractivity contribution in [3.8, 4) is 17.0 Å². The normalized spacial score (nSPS) is 18.0. The minimum absolute atomic E-state index is 0.143. The highest BCUT2D eigenvalue weighted by atomic mass is 32.1. The van der Waals surface area contributed by atoms with Crippen LogP contribution in [0.15, 0.2) is 18.2 Å². The van der Waals surface area contributed by atoms with E-state index >= 15 is 0 Å². The molecule has 0 radical (unpaired) electrons. The molecule has 0 amide bonds. The van der Waals surface area contributed by atoms with E-state index in [4.69, 9.17) is 15.5 Å². The average Bonchev–Trinajstić information content (AvgIpc) is 3.10. The van der Waals surface area contributed by atoms with E-state index in [-0.39, 0.29) is 6.04 Å². The summed E-state index contributed by atoms with van der Waals surface area (Å²) >= 11 is 1.79. The molecule has 2 N–H and O–H groups in total. The van der Waals surface area contributed by atoms with Crippen LogP contribution in [-0.4, -0.2) is 12.1 Å². The number of nitrogens with zero attached hydrogens (tertiary/aromatic N) is 1. The molecule has 1 unspecified atom stereocenters. The van der Waals surface area contributed by atoms with Gasteiger partial charge in [-0.3, -0.25) is 0 Å². The summed E-state index contributed by atoms with van der Waals surface area (Å²) in [5.74, 6) is 1.56. The lowest BCUT2D eigenvalue weighted by Crippen LogP contribution is -2.11. The van der Waals surface area contributed by atoms with Gasteiger partial charge in [-0.25, -0.2) is 4.98 Å². The van der Waals surface area contributed by atoms with Gasteiger partial charge in [0.25, 0.3) is 0 Å². The van der Waals surface area contributed by atoms with Gasteiger partial charge in [0.15, 0.2) is 0 Å². The first-order valence-electron chi connectivity index (χ1n) is 6.68. The van der Waals surface area contributed by atoms with E-state index in [1.807, 2.05) is 6.07 Å². The Balaban J connectivity index is 1.75. The lowest BCUT2D eigenvalue weighted by Gasteiger charge is -2.06. The van der Waals surface area contributed by atoms with E-state index in [1.165, 1.54) is 28.8 Å². The second-order valence-electron chi connectivity index (χ2n) is 5.39. The largest absolute Gasteiger partial charge is 0.497 e. The molecule has 4 rings (SSSR count). The molecule has 3 nitrogen and oxygen atoms in total. The predicted molar refractivity (Wildman–Crippen MR) is 76.6 cm³/mol. The van der Waals surface area contributed by atoms with Crippen molar-refractivity contribution in [3.63, 3.8) is 0 Å². The molecule has 1 aromatic heterocycles. The summed E-state index contributed by atoms with van der Waals surface area (Å²) in [4.78, 5) is 6.16. The molecular formula is C15H16N2OS. The molecule has 2 aliphatic rings. The Labute approximate surface area is 116 Å². The van der Waals surface area contributed by atoms with Crippen molar-refractivity contribution in [3.05, 3.63) is 33.6 Å². The molecule has 1 saturated carbocycles. The van der Waals surface area contributed by atoms with Crippen LogP contribution in [0.5, 0.6) is 5.75 Å². The van der Waals surface area contributed by atoms with Gasteiger partial charge in [0.05, 0.1) is 18.8 Å². The van der Waals surface area contributed by atoms with Gasteiger partial charge < -0.3 is 10.5 Å². The molecule has 1 heterocycles. The molecule has 19 heavy (non-hydrogen) atoms. The van der Waals surface area contributed by atoms with Crippen LogP contribution < -0.4 is 10.5 Å². The number of thiazole rings is 1. The number of hydrogen-bond acceptors (Lipinski definition) is 4. The maximum Gasteiger partial charge on any atom is 0.119 e. The Bertz CT molecular complexity index is 646. The highest BCUT2D eigenvalue weighted by Crippen LogP contribution is 2.46. The van der Waals surface area contributed by atoms with Crippen LogP contribution in [0.4, 0.5) is 0 Å². The number of methoxy groups -OCH3 is 1. The van der Waals surface area contributed by atoms with E-state index in [0.717, 1.165) is 22.9 Å². The van der Waals surface area contributed by atoms with Crippen LogP contribution in [0.25, 0.3) is 11.3 Å². The summed E-state index contributed by atoms with van der Waals surface area (Å²) in [5, 5.41) is 1.11. The molecule has 2 aromatic rings. The van der Waals surface area contributed by atoms with Crippen molar-refractivity contribution >= 4 is 11.3 Å². The van der Waals surface area contributed by atoms with Gasteiger partial charge >= 0.3 is 0 Å². The number of hydrogen-bond donors (Lipinski definition) is 1. The minimum atomic E-state index is 0.143. The molecule has 2 aliphatic carbocycles. The zero-order chi connectivity index (χ0) is 13.0. The van der Waals surface area contributed by atoms with Gasteiger partial charge in [-0.2, -0.15) is 0 Å². The van der Waals surface area contributed by atoms with E-state index in [0.29, 0.717) is 5.92 Å². The maximum atomic E-state index is 6.26. The molecule has 98 valence electrons. The van der Waals surface area contributed by atoms with Crippen molar-refractivity contribution in [2.24, 2.45) is 11.7 Å². The van der Waals surface area contributed by atoms with E-state index in [9.17, 15) is 0 Å². The summed E-state index contributed by atoms with van der Waals surface area (Å²) in [6, 6.07) is 6.40. The molecule has 0 spiro atoms. The SMILES string of the molecule is COc1ccc2c(c1)-c1nc(C(N)C3CC3)sc1C2. The van der Waals surface area contributed by atoms with E-state index in [2.05, 4.69) is 12.1 Å². The minimum Gasteiger partial charge on any atom is -0.497 e. The van der Waals surface area contributed by atoms with Gasteiger partial charge in [-0.05, 0) is 36.5 Å². The standard InChI is InChI=1S/C15H16N2OS/c1-18-10-5-4-9-6-12-14(11(9)7-10)17-15(19-12)13(16)8-2-3-8/h4-5,7-8,13H,2-3,6,16H2,1H3. The summed E-state index contributed by atoms with van der Waals surface area (Å²) in [6.45, 7) is 0. The Kier molecular flexibility index (Phi) is 2.44. The molecule has 0 aliphatic heterocycles. The quantitative estimate of drug-likeness (QED) is 0.797. The smallest absolute Gasteiger partial charge is 0.119 e. The van der Waals surface area contributed by atoms with E-state index in [1.54, 1.807) is 18.4 Å². The summed E-state index contributed by atoms with van der Waals surface area (Å²) in [7, 11) is 1.70. The fourth-order valence-corrected chi connectivity index (χ4v) is 3.93. The summed E-state index contributed by atoms with van der Waals surface area (Å²) in [6.07, 6.45) is 3.51. The summed E-state index contributed by atoms with van der Waals surface area (Å²) < 4.78 is 5.31. The Morgan fingerprint density at radius 3 is 3.00 bits per heavy atom. The van der Waals surface area contributed by atoms with Crippen molar-refractivity contribution in [2.45, 2.75) is 25.3 Å². The molecule has 0 saturated heterocycles. The van der Waals surface area contributed by atoms with Gasteiger partial charge in [0, 0.05) is 16.9 Å². The van der Waals surface area contributed by atoms with Crippen LogP contribution >= 0.6 is 11.3 Å². The molecule has 1 atom stereocenters. The first kappa shape index (κ1) is 11.4. The number of nitrogens with two attached hydrogens (primary N) is 1. The van der Waals surface area contributed by atoms with Gasteiger partial charge in [0.1, 0.15) is 10.8 Å².